The third-order valence-corrected chi connectivity index (χ3v) is 4.83. The van der Waals surface area contributed by atoms with Gasteiger partial charge in [-0.15, -0.1) is 0 Å². The van der Waals surface area contributed by atoms with E-state index in [1.54, 1.807) is 18.0 Å². The third kappa shape index (κ3) is 3.12. The van der Waals surface area contributed by atoms with Crippen LogP contribution < -0.4 is 0 Å². The fraction of sp³-hybridized carbons (Fsp3) is 0.692. The molecular weight excluding hydrogens is 260 g/mol. The molecule has 1 amide bonds. The van der Waals surface area contributed by atoms with Gasteiger partial charge in [0.15, 0.2) is 0 Å². The van der Waals surface area contributed by atoms with Gasteiger partial charge in [0, 0.05) is 32.0 Å². The van der Waals surface area contributed by atoms with Crippen LogP contribution in [-0.4, -0.2) is 63.9 Å². The molecule has 1 fully saturated rings. The second-order valence-electron chi connectivity index (χ2n) is 4.89. The number of hydrogen-bond acceptors (Lipinski definition) is 4. The van der Waals surface area contributed by atoms with E-state index < -0.39 is 0 Å². The topological polar surface area (TPSA) is 52.2 Å². The lowest BCUT2D eigenvalue weighted by Gasteiger charge is -2.39. The van der Waals surface area contributed by atoms with Gasteiger partial charge in [0.05, 0.1) is 11.3 Å². The summed E-state index contributed by atoms with van der Waals surface area (Å²) in [6.45, 7) is 4.49. The summed E-state index contributed by atoms with van der Waals surface area (Å²) in [5.41, 5.74) is 0. The first kappa shape index (κ1) is 14.4. The molecular formula is C13H22N4OS. The van der Waals surface area contributed by atoms with E-state index in [1.807, 2.05) is 17.4 Å². The summed E-state index contributed by atoms with van der Waals surface area (Å²) >= 11 is 1.64. The number of hydrogen-bond donors (Lipinski definition) is 1. The van der Waals surface area contributed by atoms with Gasteiger partial charge in [-0.2, -0.15) is 11.8 Å². The number of carbonyl (C=O) groups excluding carboxylic acids is 1. The van der Waals surface area contributed by atoms with Crippen molar-refractivity contribution in [2.75, 3.05) is 32.9 Å². The Bertz CT molecular complexity index is 405. The van der Waals surface area contributed by atoms with Crippen LogP contribution in [0.25, 0.3) is 0 Å². The van der Waals surface area contributed by atoms with E-state index in [1.165, 1.54) is 0 Å². The maximum absolute atomic E-state index is 12.4. The number of rotatable bonds is 4. The Morgan fingerprint density at radius 2 is 2.42 bits per heavy atom. The first-order chi connectivity index (χ1) is 9.17. The molecule has 0 spiro atoms. The lowest BCUT2D eigenvalue weighted by molar-refractivity contribution is -0.133. The molecule has 2 atom stereocenters. The fourth-order valence-corrected chi connectivity index (χ4v) is 3.16. The van der Waals surface area contributed by atoms with Crippen molar-refractivity contribution in [1.29, 1.82) is 0 Å². The van der Waals surface area contributed by atoms with Crippen molar-refractivity contribution in [3.63, 3.8) is 0 Å². The molecule has 1 aliphatic heterocycles. The average Bonchev–Trinajstić information content (AvgIpc) is 2.94. The minimum Gasteiger partial charge on any atom is -0.347 e. The van der Waals surface area contributed by atoms with Crippen LogP contribution >= 0.6 is 11.8 Å². The number of thioether (sulfide) groups is 1. The highest BCUT2D eigenvalue weighted by Gasteiger charge is 2.32. The zero-order chi connectivity index (χ0) is 13.8. The molecule has 2 unspecified atom stereocenters. The summed E-state index contributed by atoms with van der Waals surface area (Å²) in [7, 11) is 2.08. The van der Waals surface area contributed by atoms with Gasteiger partial charge in [0.25, 0.3) is 0 Å². The number of aromatic amines is 1. The number of imidazole rings is 1. The standard InChI is InChI=1S/C13H22N4OS/c1-4-11(19-3)13(18)17-8-7-16(2)10(9-17)12-14-5-6-15-12/h5-6,10-11H,4,7-9H2,1-3H3,(H,14,15). The summed E-state index contributed by atoms with van der Waals surface area (Å²) in [6, 6.07) is 0.173. The molecule has 0 radical (unpaired) electrons. The largest absolute Gasteiger partial charge is 0.347 e. The summed E-state index contributed by atoms with van der Waals surface area (Å²) in [6.07, 6.45) is 6.49. The molecule has 1 saturated heterocycles. The predicted molar refractivity (Wildman–Crippen MR) is 78.1 cm³/mol. The smallest absolute Gasteiger partial charge is 0.235 e. The van der Waals surface area contributed by atoms with Gasteiger partial charge in [0.1, 0.15) is 5.82 Å². The summed E-state index contributed by atoms with van der Waals surface area (Å²) < 4.78 is 0. The fourth-order valence-electron chi connectivity index (χ4n) is 2.47. The lowest BCUT2D eigenvalue weighted by Crippen LogP contribution is -2.51. The van der Waals surface area contributed by atoms with Crippen LogP contribution in [0.3, 0.4) is 0 Å². The Labute approximate surface area is 118 Å². The van der Waals surface area contributed by atoms with Crippen LogP contribution in [0.4, 0.5) is 0 Å². The quantitative estimate of drug-likeness (QED) is 0.906. The third-order valence-electron chi connectivity index (χ3n) is 3.73. The number of carbonyl (C=O) groups is 1. The molecule has 1 aromatic heterocycles. The first-order valence-electron chi connectivity index (χ1n) is 6.68. The Morgan fingerprint density at radius 3 is 3.00 bits per heavy atom. The molecule has 2 heterocycles. The van der Waals surface area contributed by atoms with E-state index in [0.29, 0.717) is 0 Å². The highest BCUT2D eigenvalue weighted by Crippen LogP contribution is 2.23. The Balaban J connectivity index is 2.07. The van der Waals surface area contributed by atoms with Gasteiger partial charge >= 0.3 is 0 Å². The zero-order valence-corrected chi connectivity index (χ0v) is 12.6. The number of likely N-dealkylation sites (N-methyl/N-ethyl adjacent to an activating group) is 1. The van der Waals surface area contributed by atoms with E-state index in [-0.39, 0.29) is 17.2 Å². The highest BCUT2D eigenvalue weighted by molar-refractivity contribution is 7.99. The molecule has 6 heteroatoms. The van der Waals surface area contributed by atoms with Crippen LogP contribution in [0.15, 0.2) is 12.4 Å². The van der Waals surface area contributed by atoms with Gasteiger partial charge in [-0.1, -0.05) is 6.92 Å². The number of nitrogens with one attached hydrogen (secondary N) is 1. The van der Waals surface area contributed by atoms with Gasteiger partial charge < -0.3 is 9.88 Å². The molecule has 0 saturated carbocycles. The first-order valence-corrected chi connectivity index (χ1v) is 7.97. The lowest BCUT2D eigenvalue weighted by atomic mass is 10.1. The van der Waals surface area contributed by atoms with E-state index in [0.717, 1.165) is 31.9 Å². The zero-order valence-electron chi connectivity index (χ0n) is 11.8. The van der Waals surface area contributed by atoms with Crippen molar-refractivity contribution in [2.24, 2.45) is 0 Å². The van der Waals surface area contributed by atoms with Crippen molar-refractivity contribution in [3.8, 4) is 0 Å². The van der Waals surface area contributed by atoms with E-state index in [4.69, 9.17) is 0 Å². The Morgan fingerprint density at radius 1 is 1.63 bits per heavy atom. The molecule has 1 N–H and O–H groups in total. The van der Waals surface area contributed by atoms with Crippen molar-refractivity contribution < 1.29 is 4.79 Å². The molecule has 0 aromatic carbocycles. The second-order valence-corrected chi connectivity index (χ2v) is 5.93. The number of nitrogens with zero attached hydrogens (tertiary/aromatic N) is 3. The SMILES string of the molecule is CCC(SC)C(=O)N1CCN(C)C(c2ncc[nH]2)C1. The number of aromatic nitrogens is 2. The molecule has 1 aromatic rings. The van der Waals surface area contributed by atoms with Gasteiger partial charge in [-0.3, -0.25) is 9.69 Å². The highest BCUT2D eigenvalue weighted by atomic mass is 32.2. The summed E-state index contributed by atoms with van der Waals surface area (Å²) in [5, 5.41) is 0.0839. The minimum absolute atomic E-state index is 0.0839. The molecule has 19 heavy (non-hydrogen) atoms. The molecule has 0 aliphatic carbocycles. The number of piperazine rings is 1. The Hall–Kier alpha value is -1.01. The van der Waals surface area contributed by atoms with Crippen molar-refractivity contribution >= 4 is 17.7 Å². The maximum Gasteiger partial charge on any atom is 0.235 e. The van der Waals surface area contributed by atoms with E-state index in [9.17, 15) is 4.79 Å². The molecule has 2 rings (SSSR count). The molecule has 1 aliphatic rings. The van der Waals surface area contributed by atoms with Crippen LogP contribution in [0.2, 0.25) is 0 Å². The summed E-state index contributed by atoms with van der Waals surface area (Å²) in [5.74, 6) is 1.21. The normalized spacial score (nSPS) is 22.5. The average molecular weight is 282 g/mol. The van der Waals surface area contributed by atoms with Gasteiger partial charge in [-0.25, -0.2) is 4.98 Å². The van der Waals surface area contributed by atoms with Crippen molar-refractivity contribution in [1.82, 2.24) is 19.8 Å². The summed E-state index contributed by atoms with van der Waals surface area (Å²) in [4.78, 5) is 24.2. The van der Waals surface area contributed by atoms with Crippen molar-refractivity contribution in [3.05, 3.63) is 18.2 Å². The van der Waals surface area contributed by atoms with Crippen molar-refractivity contribution in [2.45, 2.75) is 24.6 Å². The van der Waals surface area contributed by atoms with Gasteiger partial charge in [-0.05, 0) is 19.7 Å². The maximum atomic E-state index is 12.4. The van der Waals surface area contributed by atoms with Crippen LogP contribution in [0, 0.1) is 0 Å². The molecule has 0 bridgehead atoms. The molecule has 106 valence electrons. The van der Waals surface area contributed by atoms with Crippen LogP contribution in [0.1, 0.15) is 25.2 Å². The molecule has 5 nitrogen and oxygen atoms in total. The number of H-pyrrole nitrogens is 1. The monoisotopic (exact) mass is 282 g/mol. The van der Waals surface area contributed by atoms with Gasteiger partial charge in [0.2, 0.25) is 5.91 Å². The Kier molecular flexibility index (Phi) is 4.87. The number of amides is 1. The minimum atomic E-state index is 0.0839. The van der Waals surface area contributed by atoms with Crippen LogP contribution in [-0.2, 0) is 4.79 Å². The van der Waals surface area contributed by atoms with E-state index in [2.05, 4.69) is 28.8 Å². The van der Waals surface area contributed by atoms with Crippen LogP contribution in [0.5, 0.6) is 0 Å². The second kappa shape index (κ2) is 6.43. The predicted octanol–water partition coefficient (Wildman–Crippen LogP) is 1.37. The van der Waals surface area contributed by atoms with E-state index >= 15 is 0 Å².